The van der Waals surface area contributed by atoms with Gasteiger partial charge in [0.25, 0.3) is 0 Å². The fourth-order valence-corrected chi connectivity index (χ4v) is 7.11. The number of nitrogens with one attached hydrogen (secondary N) is 2. The van der Waals surface area contributed by atoms with Crippen LogP contribution in [0.3, 0.4) is 0 Å². The lowest BCUT2D eigenvalue weighted by atomic mass is 9.86. The molecule has 0 unspecified atom stereocenters. The van der Waals surface area contributed by atoms with Crippen molar-refractivity contribution in [2.45, 2.75) is 0 Å². The molecule has 0 atom stereocenters. The number of dihydropyridines is 1. The Hall–Kier alpha value is -7.04. The molecule has 2 heterocycles. The molecule has 0 bridgehead atoms. The van der Waals surface area contributed by atoms with E-state index in [2.05, 4.69) is 150 Å². The Morgan fingerprint density at radius 2 is 1.04 bits per heavy atom. The summed E-state index contributed by atoms with van der Waals surface area (Å²) in [4.78, 5) is 4.55. The summed E-state index contributed by atoms with van der Waals surface area (Å²) < 4.78 is 0. The Labute approximate surface area is 310 Å². The summed E-state index contributed by atoms with van der Waals surface area (Å²) >= 11 is 0. The Balaban J connectivity index is 1.29. The number of rotatable bonds is 9. The van der Waals surface area contributed by atoms with Gasteiger partial charge in [-0.25, -0.2) is 0 Å². The number of allylic oxidation sites excluding steroid dienone is 3. The molecule has 0 aliphatic carbocycles. The SMILES string of the molecule is N=C/C(=C\N)c1ccccc1-c1cc(-c2ccccc2-c2ccc(C3=CC=CCN3)cc2)cc(-c2ccccc2-c2ccc(-c3ccccn3)cc2)c1. The van der Waals surface area contributed by atoms with Crippen molar-refractivity contribution in [1.82, 2.24) is 10.3 Å². The Kier molecular flexibility index (Phi) is 9.41. The number of nitrogens with two attached hydrogens (primary N) is 1. The van der Waals surface area contributed by atoms with Gasteiger partial charge in [0.2, 0.25) is 0 Å². The van der Waals surface area contributed by atoms with Crippen LogP contribution in [0, 0.1) is 5.41 Å². The van der Waals surface area contributed by atoms with Gasteiger partial charge in [0, 0.05) is 42.0 Å². The third-order valence-electron chi connectivity index (χ3n) is 9.77. The molecule has 0 spiro atoms. The summed E-state index contributed by atoms with van der Waals surface area (Å²) in [5, 5.41) is 11.6. The van der Waals surface area contributed by atoms with Crippen LogP contribution in [0.1, 0.15) is 11.1 Å². The van der Waals surface area contributed by atoms with Crippen molar-refractivity contribution in [2.24, 2.45) is 5.73 Å². The minimum Gasteiger partial charge on any atom is -0.404 e. The molecule has 1 aliphatic rings. The van der Waals surface area contributed by atoms with Crippen LogP contribution in [0.15, 0.2) is 188 Å². The smallest absolute Gasteiger partial charge is 0.0701 e. The van der Waals surface area contributed by atoms with Crippen LogP contribution >= 0.6 is 0 Å². The fraction of sp³-hybridized carbons (Fsp3) is 0.0204. The van der Waals surface area contributed by atoms with Crippen molar-refractivity contribution < 1.29 is 0 Å². The van der Waals surface area contributed by atoms with Crippen molar-refractivity contribution in [3.8, 4) is 66.9 Å². The third kappa shape index (κ3) is 6.86. The number of aromatic nitrogens is 1. The first-order chi connectivity index (χ1) is 26.2. The van der Waals surface area contributed by atoms with E-state index in [1.165, 1.54) is 12.4 Å². The van der Waals surface area contributed by atoms with Gasteiger partial charge in [-0.2, -0.15) is 0 Å². The lowest BCUT2D eigenvalue weighted by Gasteiger charge is -2.18. The lowest BCUT2D eigenvalue weighted by Crippen LogP contribution is -2.14. The first kappa shape index (κ1) is 33.1. The highest BCUT2D eigenvalue weighted by Crippen LogP contribution is 2.41. The number of benzene rings is 6. The summed E-state index contributed by atoms with van der Waals surface area (Å²) in [6, 6.07) is 55.7. The molecule has 0 saturated carbocycles. The number of hydrogen-bond acceptors (Lipinski definition) is 4. The zero-order chi connectivity index (χ0) is 36.0. The van der Waals surface area contributed by atoms with Gasteiger partial charge in [-0.15, -0.1) is 0 Å². The average Bonchev–Trinajstić information content (AvgIpc) is 3.25. The number of pyridine rings is 1. The normalized spacial score (nSPS) is 12.5. The maximum Gasteiger partial charge on any atom is 0.0701 e. The van der Waals surface area contributed by atoms with E-state index in [0.29, 0.717) is 5.57 Å². The highest BCUT2D eigenvalue weighted by atomic mass is 14.9. The van der Waals surface area contributed by atoms with Gasteiger partial charge in [0.15, 0.2) is 0 Å². The number of nitrogens with zero attached hydrogens (tertiary/aromatic N) is 1. The van der Waals surface area contributed by atoms with Crippen LogP contribution in [0.25, 0.3) is 78.2 Å². The third-order valence-corrected chi connectivity index (χ3v) is 9.77. The van der Waals surface area contributed by atoms with Gasteiger partial charge >= 0.3 is 0 Å². The van der Waals surface area contributed by atoms with Crippen molar-refractivity contribution in [3.63, 3.8) is 0 Å². The standard InChI is InChI=1S/C49H38N4/c50-32-41(33-51)47-16-6-5-15-46(47)40-30-38(44-13-3-1-11-42(44)34-19-23-36(24-20-34)48-17-7-9-27-52-48)29-39(31-40)45-14-4-2-12-43(45)35-21-25-37(26-22-35)49-18-8-10-28-53-49/h1-27,29-33,50,53H,28,51H2/b41-33+,50-32?. The van der Waals surface area contributed by atoms with E-state index < -0.39 is 0 Å². The van der Waals surface area contributed by atoms with E-state index in [1.54, 1.807) is 0 Å². The minimum atomic E-state index is 0.666. The van der Waals surface area contributed by atoms with Crippen LogP contribution in [0.2, 0.25) is 0 Å². The highest BCUT2D eigenvalue weighted by Gasteiger charge is 2.16. The second-order valence-corrected chi connectivity index (χ2v) is 13.0. The summed E-state index contributed by atoms with van der Waals surface area (Å²) in [5.41, 5.74) is 23.0. The minimum absolute atomic E-state index is 0.666. The van der Waals surface area contributed by atoms with Crippen LogP contribution in [-0.4, -0.2) is 17.7 Å². The summed E-state index contributed by atoms with van der Waals surface area (Å²) in [7, 11) is 0. The quantitative estimate of drug-likeness (QED) is 0.133. The molecule has 0 amide bonds. The largest absolute Gasteiger partial charge is 0.404 e. The highest BCUT2D eigenvalue weighted by molar-refractivity contribution is 6.11. The van der Waals surface area contributed by atoms with Crippen molar-refractivity contribution in [1.29, 1.82) is 5.41 Å². The van der Waals surface area contributed by atoms with Gasteiger partial charge in [0.05, 0.1) is 5.69 Å². The first-order valence-electron chi connectivity index (χ1n) is 17.8. The predicted octanol–water partition coefficient (Wildman–Crippen LogP) is 11.5. The number of hydrogen-bond donors (Lipinski definition) is 3. The van der Waals surface area contributed by atoms with Gasteiger partial charge in [-0.05, 0) is 103 Å². The van der Waals surface area contributed by atoms with E-state index >= 15 is 0 Å². The average molecular weight is 683 g/mol. The molecule has 4 nitrogen and oxygen atoms in total. The monoisotopic (exact) mass is 682 g/mol. The maximum atomic E-state index is 8.12. The Bertz CT molecular complexity index is 2510. The molecule has 1 aromatic heterocycles. The van der Waals surface area contributed by atoms with E-state index in [9.17, 15) is 0 Å². The molecule has 53 heavy (non-hydrogen) atoms. The summed E-state index contributed by atoms with van der Waals surface area (Å²) in [6.07, 6.45) is 11.0. The first-order valence-corrected chi connectivity index (χ1v) is 17.8. The van der Waals surface area contributed by atoms with Gasteiger partial charge in [-0.3, -0.25) is 4.98 Å². The second-order valence-electron chi connectivity index (χ2n) is 13.0. The van der Waals surface area contributed by atoms with Crippen molar-refractivity contribution >= 4 is 17.5 Å². The van der Waals surface area contributed by atoms with E-state index in [-0.39, 0.29) is 0 Å². The second kappa shape index (κ2) is 15.1. The fourth-order valence-electron chi connectivity index (χ4n) is 7.11. The summed E-state index contributed by atoms with van der Waals surface area (Å²) in [5.74, 6) is 0. The van der Waals surface area contributed by atoms with Crippen LogP contribution in [0.4, 0.5) is 0 Å². The molecule has 0 radical (unpaired) electrons. The summed E-state index contributed by atoms with van der Waals surface area (Å²) in [6.45, 7) is 0.834. The van der Waals surface area contributed by atoms with Crippen LogP contribution in [-0.2, 0) is 0 Å². The van der Waals surface area contributed by atoms with Crippen molar-refractivity contribution in [2.75, 3.05) is 6.54 Å². The topological polar surface area (TPSA) is 74.8 Å². The maximum absolute atomic E-state index is 8.12. The molecular formula is C49H38N4. The molecule has 254 valence electrons. The molecule has 0 saturated heterocycles. The molecule has 1 aliphatic heterocycles. The Morgan fingerprint density at radius 1 is 0.547 bits per heavy atom. The van der Waals surface area contributed by atoms with Crippen molar-refractivity contribution in [3.05, 3.63) is 199 Å². The molecule has 0 fully saturated rings. The predicted molar refractivity (Wildman–Crippen MR) is 223 cm³/mol. The van der Waals surface area contributed by atoms with Gasteiger partial charge in [0.1, 0.15) is 0 Å². The molecule has 4 N–H and O–H groups in total. The van der Waals surface area contributed by atoms with E-state index in [0.717, 1.165) is 90.3 Å². The molecular weight excluding hydrogens is 645 g/mol. The van der Waals surface area contributed by atoms with Gasteiger partial charge in [-0.1, -0.05) is 140 Å². The zero-order valence-electron chi connectivity index (χ0n) is 29.2. The van der Waals surface area contributed by atoms with E-state index in [1.807, 2.05) is 42.6 Å². The molecule has 4 heteroatoms. The molecule has 8 rings (SSSR count). The van der Waals surface area contributed by atoms with Crippen LogP contribution < -0.4 is 11.1 Å². The lowest BCUT2D eigenvalue weighted by molar-refractivity contribution is 0.996. The zero-order valence-corrected chi connectivity index (χ0v) is 29.2. The van der Waals surface area contributed by atoms with E-state index in [4.69, 9.17) is 11.1 Å². The molecule has 6 aromatic carbocycles. The Morgan fingerprint density at radius 3 is 1.55 bits per heavy atom. The van der Waals surface area contributed by atoms with Crippen LogP contribution in [0.5, 0.6) is 0 Å². The van der Waals surface area contributed by atoms with Gasteiger partial charge < -0.3 is 16.5 Å². The molecule has 7 aromatic rings.